The number of aliphatic hydroxyl groups excluding tert-OH is 1. The third-order valence-corrected chi connectivity index (χ3v) is 4.01. The van der Waals surface area contributed by atoms with E-state index < -0.39 is 0 Å². The summed E-state index contributed by atoms with van der Waals surface area (Å²) in [6.07, 6.45) is 2.28. The molecule has 5 heteroatoms. The van der Waals surface area contributed by atoms with Crippen LogP contribution in [0, 0.1) is 0 Å². The van der Waals surface area contributed by atoms with E-state index in [-0.39, 0.29) is 6.61 Å². The summed E-state index contributed by atoms with van der Waals surface area (Å²) in [6, 6.07) is 0.448. The van der Waals surface area contributed by atoms with Crippen LogP contribution in [-0.2, 0) is 6.61 Å². The van der Waals surface area contributed by atoms with Crippen LogP contribution < -0.4 is 4.90 Å². The molecule has 0 fully saturated rings. The van der Waals surface area contributed by atoms with E-state index in [1.54, 1.807) is 0 Å². The molecule has 15 heavy (non-hydrogen) atoms. The quantitative estimate of drug-likeness (QED) is 0.871. The van der Waals surface area contributed by atoms with Crippen molar-refractivity contribution in [3.8, 4) is 0 Å². The molecule has 3 nitrogen and oxygen atoms in total. The fourth-order valence-corrected chi connectivity index (χ4v) is 2.55. The molecule has 0 saturated carbocycles. The first-order valence-electron chi connectivity index (χ1n) is 5.09. The SMILES string of the molecule is CCCC(C)N(C)c1nc(Cl)c(CO)s1. The van der Waals surface area contributed by atoms with Crippen molar-refractivity contribution in [1.82, 2.24) is 4.98 Å². The molecule has 1 aromatic rings. The van der Waals surface area contributed by atoms with Gasteiger partial charge in [-0.1, -0.05) is 36.3 Å². The van der Waals surface area contributed by atoms with E-state index in [1.165, 1.54) is 11.3 Å². The largest absolute Gasteiger partial charge is 0.391 e. The van der Waals surface area contributed by atoms with Gasteiger partial charge in [0.15, 0.2) is 5.13 Å². The lowest BCUT2D eigenvalue weighted by atomic mass is 10.2. The molecule has 1 aromatic heterocycles. The summed E-state index contributed by atoms with van der Waals surface area (Å²) in [5, 5.41) is 10.3. The number of rotatable bonds is 5. The predicted molar refractivity (Wildman–Crippen MR) is 65.8 cm³/mol. The molecule has 0 aliphatic heterocycles. The third-order valence-electron chi connectivity index (χ3n) is 2.45. The monoisotopic (exact) mass is 248 g/mol. The molecule has 0 bridgehead atoms. The number of hydrogen-bond acceptors (Lipinski definition) is 4. The lowest BCUT2D eigenvalue weighted by molar-refractivity contribution is 0.285. The molecule has 0 saturated heterocycles. The van der Waals surface area contributed by atoms with E-state index in [4.69, 9.17) is 16.7 Å². The molecule has 1 unspecified atom stereocenters. The van der Waals surface area contributed by atoms with E-state index in [0.29, 0.717) is 11.2 Å². The topological polar surface area (TPSA) is 36.4 Å². The second kappa shape index (κ2) is 5.68. The first-order chi connectivity index (χ1) is 7.10. The summed E-state index contributed by atoms with van der Waals surface area (Å²) in [7, 11) is 2.01. The van der Waals surface area contributed by atoms with Gasteiger partial charge in [0.2, 0.25) is 0 Å². The minimum Gasteiger partial charge on any atom is -0.391 e. The van der Waals surface area contributed by atoms with Crippen LogP contribution in [0.1, 0.15) is 31.6 Å². The highest BCUT2D eigenvalue weighted by Crippen LogP contribution is 2.30. The fraction of sp³-hybridized carbons (Fsp3) is 0.700. The van der Waals surface area contributed by atoms with Gasteiger partial charge in [-0.3, -0.25) is 0 Å². The van der Waals surface area contributed by atoms with E-state index in [2.05, 4.69) is 23.7 Å². The van der Waals surface area contributed by atoms with Gasteiger partial charge in [-0.15, -0.1) is 0 Å². The van der Waals surface area contributed by atoms with Gasteiger partial charge >= 0.3 is 0 Å². The number of thiazole rings is 1. The third kappa shape index (κ3) is 3.06. The molecule has 1 N–H and O–H groups in total. The molecule has 1 atom stereocenters. The van der Waals surface area contributed by atoms with Crippen molar-refractivity contribution in [2.24, 2.45) is 0 Å². The van der Waals surface area contributed by atoms with Crippen LogP contribution in [0.3, 0.4) is 0 Å². The van der Waals surface area contributed by atoms with Crippen molar-refractivity contribution in [1.29, 1.82) is 0 Å². The summed E-state index contributed by atoms with van der Waals surface area (Å²) < 4.78 is 0. The molecule has 0 aliphatic carbocycles. The van der Waals surface area contributed by atoms with Gasteiger partial charge in [-0.05, 0) is 13.3 Å². The number of aliphatic hydroxyl groups is 1. The Morgan fingerprint density at radius 2 is 2.27 bits per heavy atom. The summed E-state index contributed by atoms with van der Waals surface area (Å²) in [4.78, 5) is 7.08. The van der Waals surface area contributed by atoms with Gasteiger partial charge in [-0.2, -0.15) is 0 Å². The Bertz CT molecular complexity index is 316. The van der Waals surface area contributed by atoms with Crippen molar-refractivity contribution in [3.63, 3.8) is 0 Å². The van der Waals surface area contributed by atoms with E-state index in [1.807, 2.05) is 7.05 Å². The van der Waals surface area contributed by atoms with Crippen LogP contribution in [-0.4, -0.2) is 23.2 Å². The fourth-order valence-electron chi connectivity index (χ4n) is 1.37. The Morgan fingerprint density at radius 1 is 1.60 bits per heavy atom. The van der Waals surface area contributed by atoms with E-state index in [9.17, 15) is 0 Å². The van der Waals surface area contributed by atoms with Crippen molar-refractivity contribution < 1.29 is 5.11 Å². The number of halogens is 1. The molecule has 0 aromatic carbocycles. The van der Waals surface area contributed by atoms with E-state index >= 15 is 0 Å². The highest BCUT2D eigenvalue weighted by molar-refractivity contribution is 7.16. The summed E-state index contributed by atoms with van der Waals surface area (Å²) in [6.45, 7) is 4.29. The first kappa shape index (κ1) is 12.7. The zero-order valence-electron chi connectivity index (χ0n) is 9.33. The number of aromatic nitrogens is 1. The van der Waals surface area contributed by atoms with Gasteiger partial charge in [0, 0.05) is 13.1 Å². The maximum absolute atomic E-state index is 9.02. The van der Waals surface area contributed by atoms with Gasteiger partial charge in [0.1, 0.15) is 5.15 Å². The van der Waals surface area contributed by atoms with Gasteiger partial charge in [-0.25, -0.2) is 4.98 Å². The Labute approximate surface area is 99.7 Å². The van der Waals surface area contributed by atoms with Gasteiger partial charge in [0.25, 0.3) is 0 Å². The second-order valence-electron chi connectivity index (χ2n) is 3.62. The molecule has 1 rings (SSSR count). The summed E-state index contributed by atoms with van der Waals surface area (Å²) >= 11 is 7.34. The lowest BCUT2D eigenvalue weighted by Gasteiger charge is -2.23. The molecular formula is C10H17ClN2OS. The van der Waals surface area contributed by atoms with Gasteiger partial charge < -0.3 is 10.0 Å². The molecule has 0 radical (unpaired) electrons. The maximum Gasteiger partial charge on any atom is 0.187 e. The van der Waals surface area contributed by atoms with Crippen LogP contribution in [0.15, 0.2) is 0 Å². The number of anilines is 1. The Morgan fingerprint density at radius 3 is 2.73 bits per heavy atom. The Kier molecular flexibility index (Phi) is 4.83. The zero-order chi connectivity index (χ0) is 11.4. The lowest BCUT2D eigenvalue weighted by Crippen LogP contribution is -2.28. The number of hydrogen-bond donors (Lipinski definition) is 1. The van der Waals surface area contributed by atoms with Crippen LogP contribution in [0.2, 0.25) is 5.15 Å². The molecule has 86 valence electrons. The standard InChI is InChI=1S/C10H17ClN2OS/c1-4-5-7(2)13(3)10-12-9(11)8(6-14)15-10/h7,14H,4-6H2,1-3H3. The van der Waals surface area contributed by atoms with Crippen LogP contribution in [0.5, 0.6) is 0 Å². The van der Waals surface area contributed by atoms with Crippen LogP contribution in [0.25, 0.3) is 0 Å². The van der Waals surface area contributed by atoms with E-state index in [0.717, 1.165) is 22.9 Å². The van der Waals surface area contributed by atoms with Crippen molar-refractivity contribution >= 4 is 28.1 Å². The molecule has 0 aliphatic rings. The molecule has 0 spiro atoms. The normalized spacial score (nSPS) is 12.9. The Balaban J connectivity index is 2.77. The summed E-state index contributed by atoms with van der Waals surface area (Å²) in [5.41, 5.74) is 0. The molecule has 1 heterocycles. The number of nitrogens with zero attached hydrogens (tertiary/aromatic N) is 2. The minimum absolute atomic E-state index is 0.0352. The summed E-state index contributed by atoms with van der Waals surface area (Å²) in [5.74, 6) is 0. The Hall–Kier alpha value is -0.320. The highest BCUT2D eigenvalue weighted by Gasteiger charge is 2.15. The minimum atomic E-state index is -0.0352. The second-order valence-corrected chi connectivity index (χ2v) is 5.04. The van der Waals surface area contributed by atoms with Crippen molar-refractivity contribution in [2.75, 3.05) is 11.9 Å². The van der Waals surface area contributed by atoms with Crippen LogP contribution >= 0.6 is 22.9 Å². The van der Waals surface area contributed by atoms with Crippen LogP contribution in [0.4, 0.5) is 5.13 Å². The zero-order valence-corrected chi connectivity index (χ0v) is 10.9. The average molecular weight is 249 g/mol. The van der Waals surface area contributed by atoms with Crippen molar-refractivity contribution in [3.05, 3.63) is 10.0 Å². The smallest absolute Gasteiger partial charge is 0.187 e. The first-order valence-corrected chi connectivity index (χ1v) is 6.28. The highest BCUT2D eigenvalue weighted by atomic mass is 35.5. The molecule has 0 amide bonds. The van der Waals surface area contributed by atoms with Crippen molar-refractivity contribution in [2.45, 2.75) is 39.3 Å². The predicted octanol–water partition coefficient (Wildman–Crippen LogP) is 2.91. The average Bonchev–Trinajstić information content (AvgIpc) is 2.59. The van der Waals surface area contributed by atoms with Gasteiger partial charge in [0.05, 0.1) is 11.5 Å². The maximum atomic E-state index is 9.02. The molecular weight excluding hydrogens is 232 g/mol.